The number of methoxy groups -OCH3 is 1. The Hall–Kier alpha value is -4.93. The second kappa shape index (κ2) is 12.0. The van der Waals surface area contributed by atoms with Crippen molar-refractivity contribution in [1.29, 1.82) is 0 Å². The predicted molar refractivity (Wildman–Crippen MR) is 162 cm³/mol. The highest BCUT2D eigenvalue weighted by molar-refractivity contribution is 6.06. The van der Waals surface area contributed by atoms with Gasteiger partial charge in [-0.15, -0.1) is 0 Å². The van der Waals surface area contributed by atoms with Gasteiger partial charge in [-0.25, -0.2) is 14.6 Å². The first-order valence-corrected chi connectivity index (χ1v) is 14.9. The van der Waals surface area contributed by atoms with Crippen LogP contribution in [-0.2, 0) is 9.53 Å². The molecule has 2 aliphatic rings. The predicted octanol–water partition coefficient (Wildman–Crippen LogP) is 5.97. The van der Waals surface area contributed by atoms with Crippen molar-refractivity contribution in [2.24, 2.45) is 0 Å². The van der Waals surface area contributed by atoms with E-state index in [4.69, 9.17) is 14.1 Å². The van der Waals surface area contributed by atoms with Crippen LogP contribution in [0, 0.1) is 0 Å². The molecular formula is C33H34N4O7. The third kappa shape index (κ3) is 5.57. The average molecular weight is 599 g/mol. The summed E-state index contributed by atoms with van der Waals surface area (Å²) in [5.41, 5.74) is 1.61. The Bertz CT molecular complexity index is 1730. The zero-order valence-electron chi connectivity index (χ0n) is 24.4. The van der Waals surface area contributed by atoms with Gasteiger partial charge in [0.25, 0.3) is 5.91 Å². The first-order chi connectivity index (χ1) is 21.3. The van der Waals surface area contributed by atoms with Crippen molar-refractivity contribution in [2.75, 3.05) is 12.4 Å². The number of aromatic nitrogens is 2. The van der Waals surface area contributed by atoms with E-state index < -0.39 is 29.3 Å². The number of esters is 1. The summed E-state index contributed by atoms with van der Waals surface area (Å²) < 4.78 is 12.4. The second-order valence-corrected chi connectivity index (χ2v) is 11.6. The lowest BCUT2D eigenvalue weighted by Gasteiger charge is -2.29. The molecule has 0 aliphatic heterocycles. The van der Waals surface area contributed by atoms with Gasteiger partial charge in [-0.3, -0.25) is 9.59 Å². The van der Waals surface area contributed by atoms with Crippen molar-refractivity contribution in [3.8, 4) is 11.4 Å². The Labute approximate surface area is 253 Å². The molecule has 228 valence electrons. The van der Waals surface area contributed by atoms with E-state index in [0.717, 1.165) is 55.4 Å². The van der Waals surface area contributed by atoms with Crippen molar-refractivity contribution >= 4 is 40.5 Å². The minimum absolute atomic E-state index is 0.0111. The molecule has 2 aromatic carbocycles. The summed E-state index contributed by atoms with van der Waals surface area (Å²) in [4.78, 5) is 56.1. The van der Waals surface area contributed by atoms with Crippen LogP contribution in [0.1, 0.15) is 94.9 Å². The van der Waals surface area contributed by atoms with Gasteiger partial charge in [0.1, 0.15) is 17.6 Å². The first-order valence-electron chi connectivity index (χ1n) is 14.9. The lowest BCUT2D eigenvalue weighted by molar-refractivity contribution is -0.122. The minimum Gasteiger partial charge on any atom is -0.478 e. The third-order valence-corrected chi connectivity index (χ3v) is 8.77. The van der Waals surface area contributed by atoms with Gasteiger partial charge in [-0.1, -0.05) is 32.1 Å². The lowest BCUT2D eigenvalue weighted by Crippen LogP contribution is -2.55. The first kappa shape index (κ1) is 29.2. The summed E-state index contributed by atoms with van der Waals surface area (Å²) >= 11 is 0. The molecule has 4 aromatic rings. The number of carbonyl (C=O) groups is 4. The molecule has 3 N–H and O–H groups in total. The number of nitrogens with one attached hydrogen (secondary N) is 2. The fourth-order valence-electron chi connectivity index (χ4n) is 6.53. The van der Waals surface area contributed by atoms with Crippen LogP contribution in [0.25, 0.3) is 22.4 Å². The van der Waals surface area contributed by atoms with E-state index in [2.05, 4.69) is 15.2 Å². The molecule has 0 atom stereocenters. The number of hydrogen-bond donors (Lipinski definition) is 3. The molecule has 11 heteroatoms. The maximum Gasteiger partial charge on any atom is 0.337 e. The highest BCUT2D eigenvalue weighted by atomic mass is 16.5. The van der Waals surface area contributed by atoms with Crippen LogP contribution in [0.3, 0.4) is 0 Å². The molecule has 0 unspecified atom stereocenters. The Kier molecular flexibility index (Phi) is 7.94. The smallest absolute Gasteiger partial charge is 0.337 e. The zero-order valence-corrected chi connectivity index (χ0v) is 24.4. The number of benzene rings is 2. The van der Waals surface area contributed by atoms with Gasteiger partial charge >= 0.3 is 11.9 Å². The molecule has 0 spiro atoms. The molecule has 2 aliphatic carbocycles. The number of carboxylic acid groups (broad SMARTS) is 1. The molecule has 11 nitrogen and oxygen atoms in total. The number of rotatable bonds is 8. The van der Waals surface area contributed by atoms with Gasteiger partial charge in [-0.05, 0) is 68.1 Å². The van der Waals surface area contributed by atoms with Crippen LogP contribution in [0.4, 0.5) is 5.69 Å². The van der Waals surface area contributed by atoms with Crippen LogP contribution in [-0.4, -0.2) is 51.1 Å². The van der Waals surface area contributed by atoms with Gasteiger partial charge in [-0.2, -0.15) is 0 Å². The van der Waals surface area contributed by atoms with Crippen molar-refractivity contribution in [3.05, 3.63) is 71.7 Å². The Morgan fingerprint density at radius 3 is 2.39 bits per heavy atom. The number of carboxylic acids is 1. The summed E-state index contributed by atoms with van der Waals surface area (Å²) in [7, 11) is 1.19. The fraction of sp³-hybridized carbons (Fsp3) is 0.364. The molecule has 2 fully saturated rings. The maximum atomic E-state index is 13.7. The SMILES string of the molecule is COC(=O)c1cc(NC(=O)C2(NC(=O)c3ccc4c(c3)nc(-c3ccoc3)n4C3CCCCC3)CCCC2)cc(C(=O)O)c1. The minimum atomic E-state index is -1.26. The quantitative estimate of drug-likeness (QED) is 0.210. The molecule has 6 rings (SSSR count). The molecule has 2 aromatic heterocycles. The Balaban J connectivity index is 1.28. The molecular weight excluding hydrogens is 564 g/mol. The number of amides is 2. The topological polar surface area (TPSA) is 153 Å². The molecule has 0 saturated heterocycles. The number of ether oxygens (including phenoxy) is 1. The highest BCUT2D eigenvalue weighted by Gasteiger charge is 2.43. The Morgan fingerprint density at radius 2 is 1.70 bits per heavy atom. The van der Waals surface area contributed by atoms with E-state index in [-0.39, 0.29) is 16.8 Å². The number of aromatic carboxylic acids is 1. The molecule has 0 radical (unpaired) electrons. The number of anilines is 1. The van der Waals surface area contributed by atoms with Gasteiger partial charge in [0, 0.05) is 17.3 Å². The van der Waals surface area contributed by atoms with E-state index >= 15 is 0 Å². The number of carbonyl (C=O) groups excluding carboxylic acids is 3. The van der Waals surface area contributed by atoms with Crippen LogP contribution in [0.15, 0.2) is 59.4 Å². The number of imidazole rings is 1. The summed E-state index contributed by atoms with van der Waals surface area (Å²) in [6.45, 7) is 0. The maximum absolute atomic E-state index is 13.7. The van der Waals surface area contributed by atoms with Crippen LogP contribution in [0.2, 0.25) is 0 Å². The summed E-state index contributed by atoms with van der Waals surface area (Å²) in [5, 5.41) is 15.2. The molecule has 44 heavy (non-hydrogen) atoms. The number of fused-ring (bicyclic) bond motifs is 1. The number of nitrogens with zero attached hydrogens (tertiary/aromatic N) is 2. The standard InChI is InChI=1S/C33H34N4O7/c1-43-31(41)23-15-22(30(39)40)16-24(17-23)34-32(42)33(12-5-6-13-33)36-29(38)20-9-10-27-26(18-20)35-28(21-11-14-44-19-21)37(27)25-7-3-2-4-8-25/h9-11,14-19,25H,2-8,12-13H2,1H3,(H,34,42)(H,36,38)(H,39,40). The highest BCUT2D eigenvalue weighted by Crippen LogP contribution is 2.37. The monoisotopic (exact) mass is 598 g/mol. The summed E-state index contributed by atoms with van der Waals surface area (Å²) in [5.74, 6) is -2.07. The van der Waals surface area contributed by atoms with Gasteiger partial charge < -0.3 is 29.5 Å². The largest absolute Gasteiger partial charge is 0.478 e. The zero-order chi connectivity index (χ0) is 30.8. The second-order valence-electron chi connectivity index (χ2n) is 11.6. The van der Waals surface area contributed by atoms with Crippen molar-refractivity contribution in [1.82, 2.24) is 14.9 Å². The summed E-state index contributed by atoms with van der Waals surface area (Å²) in [6, 6.07) is 11.4. The van der Waals surface area contributed by atoms with E-state index in [1.807, 2.05) is 12.1 Å². The molecule has 2 heterocycles. The summed E-state index contributed by atoms with van der Waals surface area (Å²) in [6.07, 6.45) is 11.3. The average Bonchev–Trinajstić information content (AvgIpc) is 3.81. The van der Waals surface area contributed by atoms with E-state index in [0.29, 0.717) is 30.0 Å². The molecule has 2 amide bonds. The van der Waals surface area contributed by atoms with Crippen LogP contribution in [0.5, 0.6) is 0 Å². The fourth-order valence-corrected chi connectivity index (χ4v) is 6.53. The van der Waals surface area contributed by atoms with Crippen LogP contribution < -0.4 is 10.6 Å². The van der Waals surface area contributed by atoms with Gasteiger partial charge in [0.05, 0.1) is 41.1 Å². The van der Waals surface area contributed by atoms with Gasteiger partial charge in [0.15, 0.2) is 0 Å². The van der Waals surface area contributed by atoms with Crippen molar-refractivity contribution < 1.29 is 33.4 Å². The van der Waals surface area contributed by atoms with Crippen molar-refractivity contribution in [3.63, 3.8) is 0 Å². The Morgan fingerprint density at radius 1 is 0.955 bits per heavy atom. The molecule has 2 saturated carbocycles. The molecule has 0 bridgehead atoms. The third-order valence-electron chi connectivity index (χ3n) is 8.77. The van der Waals surface area contributed by atoms with E-state index in [9.17, 15) is 24.3 Å². The number of hydrogen-bond acceptors (Lipinski definition) is 7. The normalized spacial score (nSPS) is 16.5. The van der Waals surface area contributed by atoms with Crippen LogP contribution >= 0.6 is 0 Å². The van der Waals surface area contributed by atoms with E-state index in [1.165, 1.54) is 31.7 Å². The van der Waals surface area contributed by atoms with Gasteiger partial charge in [0.2, 0.25) is 5.91 Å². The number of furan rings is 1. The van der Waals surface area contributed by atoms with Crippen molar-refractivity contribution in [2.45, 2.75) is 69.4 Å². The van der Waals surface area contributed by atoms with E-state index in [1.54, 1.807) is 24.7 Å². The lowest BCUT2D eigenvalue weighted by atomic mass is 9.94.